The first-order valence-electron chi connectivity index (χ1n) is 8.87. The molecule has 0 bridgehead atoms. The Hall–Kier alpha value is -3.98. The zero-order valence-electron chi connectivity index (χ0n) is 15.5. The summed E-state index contributed by atoms with van der Waals surface area (Å²) in [6.45, 7) is 0. The number of nitrogens with zero attached hydrogens (tertiary/aromatic N) is 2. The molecule has 0 fully saturated rings. The van der Waals surface area contributed by atoms with E-state index in [1.54, 1.807) is 30.3 Å². The molecule has 0 radical (unpaired) electrons. The van der Waals surface area contributed by atoms with Gasteiger partial charge in [0, 0.05) is 11.8 Å². The Balaban J connectivity index is 1.44. The molecule has 4 aromatic rings. The molecule has 30 heavy (non-hydrogen) atoms. The summed E-state index contributed by atoms with van der Waals surface area (Å²) in [4.78, 5) is 20.4. The summed E-state index contributed by atoms with van der Waals surface area (Å²) < 4.78 is 32.8. The third kappa shape index (κ3) is 4.53. The van der Waals surface area contributed by atoms with Crippen LogP contribution in [0.25, 0.3) is 17.1 Å². The van der Waals surface area contributed by atoms with Gasteiger partial charge in [0.2, 0.25) is 5.91 Å². The molecule has 9 heteroatoms. The van der Waals surface area contributed by atoms with Gasteiger partial charge in [0.15, 0.2) is 5.82 Å². The van der Waals surface area contributed by atoms with Crippen molar-refractivity contribution in [1.82, 2.24) is 9.97 Å². The van der Waals surface area contributed by atoms with Gasteiger partial charge in [-0.3, -0.25) is 14.5 Å². The van der Waals surface area contributed by atoms with Crippen molar-refractivity contribution in [1.29, 1.82) is 0 Å². The maximum absolute atomic E-state index is 12.6. The number of sulfonamides is 1. The van der Waals surface area contributed by atoms with Crippen LogP contribution < -0.4 is 10.0 Å². The van der Waals surface area contributed by atoms with Gasteiger partial charge in [-0.2, -0.15) is 0 Å². The van der Waals surface area contributed by atoms with Gasteiger partial charge in [0.25, 0.3) is 10.0 Å². The Morgan fingerprint density at radius 2 is 1.73 bits per heavy atom. The van der Waals surface area contributed by atoms with Gasteiger partial charge in [-0.15, -0.1) is 0 Å². The fraction of sp³-hybridized carbons (Fsp3) is 0. The molecule has 0 unspecified atom stereocenters. The second kappa shape index (κ2) is 8.18. The van der Waals surface area contributed by atoms with Crippen molar-refractivity contribution < 1.29 is 17.6 Å². The zero-order chi connectivity index (χ0) is 21.0. The van der Waals surface area contributed by atoms with E-state index in [0.29, 0.717) is 22.5 Å². The number of aromatic nitrogens is 2. The summed E-state index contributed by atoms with van der Waals surface area (Å²) in [5.74, 6) is 0.301. The van der Waals surface area contributed by atoms with Crippen molar-refractivity contribution in [2.24, 2.45) is 0 Å². The fourth-order valence-electron chi connectivity index (χ4n) is 2.65. The van der Waals surface area contributed by atoms with E-state index in [1.807, 2.05) is 6.07 Å². The lowest BCUT2D eigenvalue weighted by Gasteiger charge is -2.09. The standard InChI is InChI=1S/C21H16N4O4S/c26-21(12-9-16-4-3-13-29-16)23-15-7-10-17(11-8-15)30(27,28)25-20-14-22-18-5-1-2-6-19(18)24-20/h1-14H,(H,23,26)(H,24,25)/b12-9+. The van der Waals surface area contributed by atoms with E-state index in [-0.39, 0.29) is 16.6 Å². The molecule has 0 atom stereocenters. The molecule has 0 saturated heterocycles. The van der Waals surface area contributed by atoms with E-state index in [2.05, 4.69) is 20.0 Å². The normalized spacial score (nSPS) is 11.6. The molecule has 4 rings (SSSR count). The number of rotatable bonds is 6. The highest BCUT2D eigenvalue weighted by Gasteiger charge is 2.15. The van der Waals surface area contributed by atoms with Crippen LogP contribution in [0.3, 0.4) is 0 Å². The molecule has 1 amide bonds. The molecule has 2 N–H and O–H groups in total. The van der Waals surface area contributed by atoms with Crippen LogP contribution in [0.5, 0.6) is 0 Å². The quantitative estimate of drug-likeness (QED) is 0.460. The van der Waals surface area contributed by atoms with E-state index in [9.17, 15) is 13.2 Å². The Labute approximate surface area is 172 Å². The van der Waals surface area contributed by atoms with Gasteiger partial charge >= 0.3 is 0 Å². The minimum absolute atomic E-state index is 0.0292. The molecule has 0 aliphatic heterocycles. The lowest BCUT2D eigenvalue weighted by molar-refractivity contribution is -0.111. The highest BCUT2D eigenvalue weighted by Crippen LogP contribution is 2.18. The minimum Gasteiger partial charge on any atom is -0.465 e. The third-order valence-corrected chi connectivity index (χ3v) is 5.43. The number of para-hydroxylation sites is 2. The van der Waals surface area contributed by atoms with Gasteiger partial charge in [0.1, 0.15) is 5.76 Å². The average Bonchev–Trinajstić information content (AvgIpc) is 3.26. The Morgan fingerprint density at radius 1 is 0.967 bits per heavy atom. The van der Waals surface area contributed by atoms with Crippen LogP contribution in [0.15, 0.2) is 88.5 Å². The van der Waals surface area contributed by atoms with Gasteiger partial charge in [-0.05, 0) is 54.6 Å². The van der Waals surface area contributed by atoms with Gasteiger partial charge in [-0.25, -0.2) is 13.4 Å². The van der Waals surface area contributed by atoms with Crippen molar-refractivity contribution in [2.75, 3.05) is 10.0 Å². The van der Waals surface area contributed by atoms with Gasteiger partial charge in [0.05, 0.1) is 28.4 Å². The molecular weight excluding hydrogens is 404 g/mol. The first-order chi connectivity index (χ1) is 14.5. The number of carbonyl (C=O) groups is 1. The molecule has 2 aromatic heterocycles. The number of amides is 1. The number of fused-ring (bicyclic) bond motifs is 1. The predicted octanol–water partition coefficient (Wildman–Crippen LogP) is 3.68. The Bertz CT molecular complexity index is 1310. The largest absolute Gasteiger partial charge is 0.465 e. The number of carbonyl (C=O) groups excluding carboxylic acids is 1. The van der Waals surface area contributed by atoms with E-state index in [4.69, 9.17) is 4.42 Å². The lowest BCUT2D eigenvalue weighted by Crippen LogP contribution is -2.14. The maximum atomic E-state index is 12.6. The summed E-state index contributed by atoms with van der Waals surface area (Å²) in [5, 5.41) is 2.65. The highest BCUT2D eigenvalue weighted by atomic mass is 32.2. The number of hydrogen-bond donors (Lipinski definition) is 2. The molecule has 2 heterocycles. The number of furan rings is 1. The number of anilines is 2. The second-order valence-electron chi connectivity index (χ2n) is 6.21. The average molecular weight is 420 g/mol. The molecule has 2 aromatic carbocycles. The third-order valence-electron chi connectivity index (χ3n) is 4.06. The molecule has 150 valence electrons. The molecule has 0 aliphatic carbocycles. The van der Waals surface area contributed by atoms with Crippen molar-refractivity contribution in [3.05, 3.63) is 85.0 Å². The molecule has 0 saturated carbocycles. The van der Waals surface area contributed by atoms with E-state index >= 15 is 0 Å². The van der Waals surface area contributed by atoms with Crippen LogP contribution in [-0.4, -0.2) is 24.3 Å². The van der Waals surface area contributed by atoms with Crippen LogP contribution in [0.2, 0.25) is 0 Å². The van der Waals surface area contributed by atoms with Crippen LogP contribution >= 0.6 is 0 Å². The predicted molar refractivity (Wildman–Crippen MR) is 113 cm³/mol. The van der Waals surface area contributed by atoms with E-state index in [0.717, 1.165) is 0 Å². The van der Waals surface area contributed by atoms with Crippen LogP contribution in [0.4, 0.5) is 11.5 Å². The van der Waals surface area contributed by atoms with Crippen LogP contribution in [0, 0.1) is 0 Å². The molecule has 0 spiro atoms. The van der Waals surface area contributed by atoms with Crippen molar-refractivity contribution >= 4 is 44.5 Å². The summed E-state index contributed by atoms with van der Waals surface area (Å²) in [6.07, 6.45) is 5.72. The monoisotopic (exact) mass is 420 g/mol. The first-order valence-corrected chi connectivity index (χ1v) is 10.4. The van der Waals surface area contributed by atoms with Crippen molar-refractivity contribution in [2.45, 2.75) is 4.90 Å². The Kier molecular flexibility index (Phi) is 5.27. The van der Waals surface area contributed by atoms with Crippen molar-refractivity contribution in [3.63, 3.8) is 0 Å². The Morgan fingerprint density at radius 3 is 2.47 bits per heavy atom. The maximum Gasteiger partial charge on any atom is 0.263 e. The minimum atomic E-state index is -3.86. The number of nitrogens with one attached hydrogen (secondary N) is 2. The van der Waals surface area contributed by atoms with Crippen molar-refractivity contribution in [3.8, 4) is 0 Å². The summed E-state index contributed by atoms with van der Waals surface area (Å²) in [5.41, 5.74) is 1.70. The highest BCUT2D eigenvalue weighted by molar-refractivity contribution is 7.92. The summed E-state index contributed by atoms with van der Waals surface area (Å²) >= 11 is 0. The molecule has 8 nitrogen and oxygen atoms in total. The molecule has 0 aliphatic rings. The van der Waals surface area contributed by atoms with Gasteiger partial charge < -0.3 is 9.73 Å². The lowest BCUT2D eigenvalue weighted by atomic mass is 10.3. The fourth-order valence-corrected chi connectivity index (χ4v) is 3.63. The second-order valence-corrected chi connectivity index (χ2v) is 7.89. The van der Waals surface area contributed by atoms with Gasteiger partial charge in [-0.1, -0.05) is 12.1 Å². The van der Waals surface area contributed by atoms with E-state index < -0.39 is 10.0 Å². The number of benzene rings is 2. The molecular formula is C21H16N4O4S. The SMILES string of the molecule is O=C(/C=C/c1ccco1)Nc1ccc(S(=O)(=O)Nc2cnc3ccccc3n2)cc1. The first kappa shape index (κ1) is 19.3. The summed E-state index contributed by atoms with van der Waals surface area (Å²) in [7, 11) is -3.86. The smallest absolute Gasteiger partial charge is 0.263 e. The van der Waals surface area contributed by atoms with Crippen LogP contribution in [0.1, 0.15) is 5.76 Å². The number of hydrogen-bond acceptors (Lipinski definition) is 6. The summed E-state index contributed by atoms with van der Waals surface area (Å²) in [6, 6.07) is 16.4. The topological polar surface area (TPSA) is 114 Å². The zero-order valence-corrected chi connectivity index (χ0v) is 16.3. The van der Waals surface area contributed by atoms with Crippen LogP contribution in [-0.2, 0) is 14.8 Å². The van der Waals surface area contributed by atoms with E-state index in [1.165, 1.54) is 48.9 Å².